The Bertz CT molecular complexity index is 555. The van der Waals surface area contributed by atoms with Gasteiger partial charge in [-0.25, -0.2) is 4.79 Å². The van der Waals surface area contributed by atoms with E-state index in [1.807, 2.05) is 24.3 Å². The second-order valence-electron chi connectivity index (χ2n) is 3.54. The summed E-state index contributed by atoms with van der Waals surface area (Å²) in [5, 5.41) is 17.7. The van der Waals surface area contributed by atoms with E-state index in [0.29, 0.717) is 4.47 Å². The molecule has 1 aromatic carbocycles. The minimum absolute atomic E-state index is 0.209. The minimum Gasteiger partial charge on any atom is -0.507 e. The molecule has 98 valence electrons. The van der Waals surface area contributed by atoms with Crippen LogP contribution in [0.1, 0.15) is 5.56 Å². The van der Waals surface area contributed by atoms with Gasteiger partial charge in [0, 0.05) is 6.08 Å². The fraction of sp³-hybridized carbons (Fsp3) is 0. The van der Waals surface area contributed by atoms with E-state index in [0.717, 1.165) is 11.6 Å². The number of carbonyl (C=O) groups is 1. The highest BCUT2D eigenvalue weighted by atomic mass is 79.9. The van der Waals surface area contributed by atoms with Crippen molar-refractivity contribution in [1.82, 2.24) is 0 Å². The van der Waals surface area contributed by atoms with Crippen LogP contribution in [0.25, 0.3) is 6.08 Å². The lowest BCUT2D eigenvalue weighted by Gasteiger charge is -1.97. The molecule has 0 aliphatic heterocycles. The maximum absolute atomic E-state index is 10.2. The molecule has 0 saturated carbocycles. The van der Waals surface area contributed by atoms with Crippen LogP contribution in [0, 0.1) is 0 Å². The van der Waals surface area contributed by atoms with Crippen LogP contribution in [-0.4, -0.2) is 16.2 Å². The zero-order valence-corrected chi connectivity index (χ0v) is 11.6. The summed E-state index contributed by atoms with van der Waals surface area (Å²) in [5.74, 6) is -0.757. The van der Waals surface area contributed by atoms with Crippen LogP contribution < -0.4 is 0 Å². The molecule has 0 aliphatic rings. The Balaban J connectivity index is 2.49. The second kappa shape index (κ2) is 8.11. The molecule has 0 heterocycles. The number of aliphatic carboxylic acids is 1. The monoisotopic (exact) mass is 320 g/mol. The number of halogens is 1. The third-order valence-corrected chi connectivity index (χ3v) is 2.69. The van der Waals surface area contributed by atoms with Crippen molar-refractivity contribution in [1.29, 1.82) is 0 Å². The highest BCUT2D eigenvalue weighted by molar-refractivity contribution is 9.10. The molecule has 1 rings (SSSR count). The molecule has 0 atom stereocenters. The van der Waals surface area contributed by atoms with Gasteiger partial charge in [-0.05, 0) is 33.6 Å². The van der Waals surface area contributed by atoms with Crippen LogP contribution in [0.3, 0.4) is 0 Å². The summed E-state index contributed by atoms with van der Waals surface area (Å²) in [4.78, 5) is 10.2. The van der Waals surface area contributed by atoms with E-state index in [9.17, 15) is 9.90 Å². The SMILES string of the molecule is O=C(O)C=CC=CC=CC=Cc1ccc(O)c(Br)c1. The number of carboxylic acids is 1. The predicted octanol–water partition coefficient (Wildman–Crippen LogP) is 3.92. The summed E-state index contributed by atoms with van der Waals surface area (Å²) in [6.45, 7) is 0. The van der Waals surface area contributed by atoms with Crippen molar-refractivity contribution in [2.24, 2.45) is 0 Å². The molecule has 0 aromatic heterocycles. The van der Waals surface area contributed by atoms with Gasteiger partial charge in [-0.3, -0.25) is 0 Å². The third kappa shape index (κ3) is 6.43. The smallest absolute Gasteiger partial charge is 0.328 e. The van der Waals surface area contributed by atoms with E-state index in [1.165, 1.54) is 6.08 Å². The normalized spacial score (nSPS) is 12.3. The van der Waals surface area contributed by atoms with Gasteiger partial charge in [0.1, 0.15) is 5.75 Å². The molecule has 0 unspecified atom stereocenters. The lowest BCUT2D eigenvalue weighted by Crippen LogP contribution is -1.84. The second-order valence-corrected chi connectivity index (χ2v) is 4.39. The number of phenols is 1. The summed E-state index contributed by atoms with van der Waals surface area (Å²) in [7, 11) is 0. The number of hydrogen-bond donors (Lipinski definition) is 2. The summed E-state index contributed by atoms with van der Waals surface area (Å²) < 4.78 is 0.650. The lowest BCUT2D eigenvalue weighted by molar-refractivity contribution is -0.131. The van der Waals surface area contributed by atoms with Crippen molar-refractivity contribution in [2.75, 3.05) is 0 Å². The maximum atomic E-state index is 10.2. The van der Waals surface area contributed by atoms with Gasteiger partial charge >= 0.3 is 5.97 Å². The molecule has 0 saturated heterocycles. The quantitative estimate of drug-likeness (QED) is 0.638. The fourth-order valence-corrected chi connectivity index (χ4v) is 1.58. The summed E-state index contributed by atoms with van der Waals surface area (Å²) in [5.41, 5.74) is 0.962. The van der Waals surface area contributed by atoms with Gasteiger partial charge in [-0.2, -0.15) is 0 Å². The number of aromatic hydroxyl groups is 1. The molecule has 2 N–H and O–H groups in total. The molecular weight excluding hydrogens is 308 g/mol. The Morgan fingerprint density at radius 2 is 1.68 bits per heavy atom. The van der Waals surface area contributed by atoms with Crippen LogP contribution >= 0.6 is 15.9 Å². The number of hydrogen-bond acceptors (Lipinski definition) is 2. The van der Waals surface area contributed by atoms with Gasteiger partial charge in [-0.15, -0.1) is 0 Å². The summed E-state index contributed by atoms with van der Waals surface area (Å²) in [6, 6.07) is 5.23. The topological polar surface area (TPSA) is 57.5 Å². The first-order chi connectivity index (χ1) is 9.09. The van der Waals surface area contributed by atoms with Crippen molar-refractivity contribution < 1.29 is 15.0 Å². The van der Waals surface area contributed by atoms with Crippen LogP contribution in [0.5, 0.6) is 5.75 Å². The van der Waals surface area contributed by atoms with Crippen LogP contribution in [0.2, 0.25) is 0 Å². The Morgan fingerprint density at radius 3 is 2.32 bits per heavy atom. The molecule has 0 bridgehead atoms. The Hall–Kier alpha value is -2.07. The minimum atomic E-state index is -0.966. The van der Waals surface area contributed by atoms with E-state index in [4.69, 9.17) is 5.11 Å². The van der Waals surface area contributed by atoms with E-state index >= 15 is 0 Å². The van der Waals surface area contributed by atoms with Gasteiger partial charge in [0.15, 0.2) is 0 Å². The standard InChI is InChI=1S/C15H13BrO3/c16-13-11-12(9-10-14(13)17)7-5-3-1-2-4-6-8-15(18)19/h1-11,17H,(H,18,19). The first kappa shape index (κ1) is 15.0. The molecule has 1 aromatic rings. The molecule has 3 nitrogen and oxygen atoms in total. The van der Waals surface area contributed by atoms with Gasteiger partial charge in [0.2, 0.25) is 0 Å². The molecule has 4 heteroatoms. The largest absolute Gasteiger partial charge is 0.507 e. The Labute approximate surface area is 120 Å². The van der Waals surface area contributed by atoms with E-state index in [2.05, 4.69) is 15.9 Å². The zero-order valence-electron chi connectivity index (χ0n) is 10.0. The van der Waals surface area contributed by atoms with Gasteiger partial charge in [-0.1, -0.05) is 48.6 Å². The average molecular weight is 321 g/mol. The lowest BCUT2D eigenvalue weighted by atomic mass is 10.2. The molecule has 19 heavy (non-hydrogen) atoms. The highest BCUT2D eigenvalue weighted by Crippen LogP contribution is 2.24. The first-order valence-corrected chi connectivity index (χ1v) is 6.28. The van der Waals surface area contributed by atoms with E-state index < -0.39 is 5.97 Å². The average Bonchev–Trinajstić information content (AvgIpc) is 2.36. The molecular formula is C15H13BrO3. The zero-order chi connectivity index (χ0) is 14.1. The third-order valence-electron chi connectivity index (χ3n) is 2.05. The fourth-order valence-electron chi connectivity index (χ4n) is 1.19. The number of benzene rings is 1. The van der Waals surface area contributed by atoms with E-state index in [1.54, 1.807) is 30.4 Å². The molecule has 0 fully saturated rings. The van der Waals surface area contributed by atoms with Crippen LogP contribution in [0.4, 0.5) is 0 Å². The van der Waals surface area contributed by atoms with Crippen molar-refractivity contribution >= 4 is 28.0 Å². The molecule has 0 aliphatic carbocycles. The predicted molar refractivity (Wildman–Crippen MR) is 79.9 cm³/mol. The van der Waals surface area contributed by atoms with Crippen LogP contribution in [0.15, 0.2) is 65.2 Å². The number of phenolic OH excluding ortho intramolecular Hbond substituents is 1. The van der Waals surface area contributed by atoms with Crippen molar-refractivity contribution in [3.8, 4) is 5.75 Å². The maximum Gasteiger partial charge on any atom is 0.328 e. The van der Waals surface area contributed by atoms with Gasteiger partial charge < -0.3 is 10.2 Å². The van der Waals surface area contributed by atoms with Gasteiger partial charge in [0.05, 0.1) is 4.47 Å². The number of rotatable bonds is 5. The Kier molecular flexibility index (Phi) is 6.39. The van der Waals surface area contributed by atoms with Crippen molar-refractivity contribution in [3.63, 3.8) is 0 Å². The van der Waals surface area contributed by atoms with E-state index in [-0.39, 0.29) is 5.75 Å². The number of allylic oxidation sites excluding steroid dienone is 6. The summed E-state index contributed by atoms with van der Waals surface area (Å²) in [6.07, 6.45) is 13.2. The molecule has 0 amide bonds. The Morgan fingerprint density at radius 1 is 1.05 bits per heavy atom. The number of carboxylic acid groups (broad SMARTS) is 1. The summed E-state index contributed by atoms with van der Waals surface area (Å²) >= 11 is 3.24. The molecule has 0 radical (unpaired) electrons. The molecule has 0 spiro atoms. The first-order valence-electron chi connectivity index (χ1n) is 5.49. The van der Waals surface area contributed by atoms with Crippen molar-refractivity contribution in [2.45, 2.75) is 0 Å². The van der Waals surface area contributed by atoms with Gasteiger partial charge in [0.25, 0.3) is 0 Å². The van der Waals surface area contributed by atoms with Crippen molar-refractivity contribution in [3.05, 3.63) is 70.8 Å². The van der Waals surface area contributed by atoms with Crippen LogP contribution in [-0.2, 0) is 4.79 Å². The highest BCUT2D eigenvalue weighted by Gasteiger charge is 1.95.